The summed E-state index contributed by atoms with van der Waals surface area (Å²) in [5.74, 6) is 0.108. The standard InChI is InChI=1S/C19H14FNO3/c1-23-16-9-4-13(5-10-16)6-11-18-21-17(19(22)24-18)12-14-2-7-15(20)8-3-14/h2-12H,1H3/b11-6+,17-12-. The van der Waals surface area contributed by atoms with E-state index in [1.807, 2.05) is 24.3 Å². The number of methoxy groups -OCH3 is 1. The van der Waals surface area contributed by atoms with E-state index in [0.717, 1.165) is 11.3 Å². The van der Waals surface area contributed by atoms with Crippen molar-refractivity contribution < 1.29 is 18.7 Å². The van der Waals surface area contributed by atoms with Gasteiger partial charge in [-0.3, -0.25) is 0 Å². The fourth-order valence-corrected chi connectivity index (χ4v) is 2.10. The molecule has 0 radical (unpaired) electrons. The fraction of sp³-hybridized carbons (Fsp3) is 0.0526. The number of aliphatic imine (C=N–C) groups is 1. The van der Waals surface area contributed by atoms with E-state index < -0.39 is 5.97 Å². The molecule has 0 saturated heterocycles. The van der Waals surface area contributed by atoms with E-state index in [4.69, 9.17) is 9.47 Å². The van der Waals surface area contributed by atoms with Crippen molar-refractivity contribution in [3.63, 3.8) is 0 Å². The Morgan fingerprint density at radius 1 is 1.00 bits per heavy atom. The van der Waals surface area contributed by atoms with Crippen molar-refractivity contribution in [1.82, 2.24) is 0 Å². The van der Waals surface area contributed by atoms with E-state index in [-0.39, 0.29) is 17.4 Å². The lowest BCUT2D eigenvalue weighted by Gasteiger charge is -1.98. The van der Waals surface area contributed by atoms with Gasteiger partial charge in [-0.25, -0.2) is 14.2 Å². The van der Waals surface area contributed by atoms with Crippen molar-refractivity contribution in [3.05, 3.63) is 77.2 Å². The molecule has 2 aromatic carbocycles. The summed E-state index contributed by atoms with van der Waals surface area (Å²) in [6.07, 6.45) is 4.95. The smallest absolute Gasteiger partial charge is 0.363 e. The molecule has 0 saturated carbocycles. The monoisotopic (exact) mass is 323 g/mol. The Morgan fingerprint density at radius 3 is 2.33 bits per heavy atom. The Morgan fingerprint density at radius 2 is 1.67 bits per heavy atom. The molecule has 120 valence electrons. The first-order valence-electron chi connectivity index (χ1n) is 7.24. The second-order valence-electron chi connectivity index (χ2n) is 5.03. The first-order valence-corrected chi connectivity index (χ1v) is 7.24. The molecular weight excluding hydrogens is 309 g/mol. The zero-order valence-electron chi connectivity index (χ0n) is 12.9. The minimum atomic E-state index is -0.534. The van der Waals surface area contributed by atoms with Gasteiger partial charge >= 0.3 is 5.97 Å². The Kier molecular flexibility index (Phi) is 4.52. The maximum atomic E-state index is 12.9. The second-order valence-corrected chi connectivity index (χ2v) is 5.03. The van der Waals surface area contributed by atoms with Crippen LogP contribution in [0.3, 0.4) is 0 Å². The van der Waals surface area contributed by atoms with E-state index in [1.54, 1.807) is 37.5 Å². The largest absolute Gasteiger partial charge is 0.497 e. The molecule has 0 amide bonds. The van der Waals surface area contributed by atoms with Crippen LogP contribution >= 0.6 is 0 Å². The third kappa shape index (κ3) is 3.76. The number of nitrogens with zero attached hydrogens (tertiary/aromatic N) is 1. The van der Waals surface area contributed by atoms with Gasteiger partial charge in [0, 0.05) is 6.08 Å². The van der Waals surface area contributed by atoms with Crippen LogP contribution in [0.5, 0.6) is 5.75 Å². The van der Waals surface area contributed by atoms with Crippen molar-refractivity contribution in [2.75, 3.05) is 7.11 Å². The molecule has 0 spiro atoms. The minimum absolute atomic E-state index is 0.177. The van der Waals surface area contributed by atoms with E-state index in [9.17, 15) is 9.18 Å². The topological polar surface area (TPSA) is 47.9 Å². The van der Waals surface area contributed by atoms with Gasteiger partial charge in [0.25, 0.3) is 0 Å². The SMILES string of the molecule is COc1ccc(/C=C/C2=NC(=C\c3ccc(F)cc3)/C(=O)O2)cc1. The second kappa shape index (κ2) is 6.91. The van der Waals surface area contributed by atoms with Crippen LogP contribution in [-0.2, 0) is 9.53 Å². The molecule has 1 aliphatic heterocycles. The van der Waals surface area contributed by atoms with Crippen molar-refractivity contribution in [2.24, 2.45) is 4.99 Å². The third-order valence-corrected chi connectivity index (χ3v) is 3.34. The van der Waals surface area contributed by atoms with Gasteiger partial charge in [-0.05, 0) is 47.5 Å². The lowest BCUT2D eigenvalue weighted by Crippen LogP contribution is -2.01. The molecule has 0 aromatic heterocycles. The summed E-state index contributed by atoms with van der Waals surface area (Å²) in [5.41, 5.74) is 1.77. The number of cyclic esters (lactones) is 1. The van der Waals surface area contributed by atoms with Crippen LogP contribution in [-0.4, -0.2) is 19.0 Å². The van der Waals surface area contributed by atoms with Gasteiger partial charge in [0.15, 0.2) is 5.70 Å². The van der Waals surface area contributed by atoms with Crippen LogP contribution in [0.15, 0.2) is 65.3 Å². The van der Waals surface area contributed by atoms with Gasteiger partial charge in [0.05, 0.1) is 7.11 Å². The van der Waals surface area contributed by atoms with E-state index in [1.165, 1.54) is 12.1 Å². The van der Waals surface area contributed by atoms with Gasteiger partial charge < -0.3 is 9.47 Å². The predicted molar refractivity (Wildman–Crippen MR) is 89.9 cm³/mol. The number of rotatable bonds is 4. The molecule has 5 heteroatoms. The number of ether oxygens (including phenoxy) is 2. The molecule has 1 heterocycles. The van der Waals surface area contributed by atoms with Crippen LogP contribution in [0.2, 0.25) is 0 Å². The van der Waals surface area contributed by atoms with Crippen LogP contribution in [0.4, 0.5) is 4.39 Å². The summed E-state index contributed by atoms with van der Waals surface area (Å²) in [5, 5.41) is 0. The average molecular weight is 323 g/mol. The predicted octanol–water partition coefficient (Wildman–Crippen LogP) is 3.84. The fourth-order valence-electron chi connectivity index (χ4n) is 2.10. The molecule has 24 heavy (non-hydrogen) atoms. The number of carbonyl (C=O) groups is 1. The van der Waals surface area contributed by atoms with Crippen molar-refractivity contribution >= 4 is 24.0 Å². The lowest BCUT2D eigenvalue weighted by molar-refractivity contribution is -0.129. The summed E-state index contributed by atoms with van der Waals surface area (Å²) < 4.78 is 23.1. The normalized spacial score (nSPS) is 15.7. The van der Waals surface area contributed by atoms with Crippen molar-refractivity contribution in [3.8, 4) is 5.75 Å². The average Bonchev–Trinajstić information content (AvgIpc) is 2.95. The summed E-state index contributed by atoms with van der Waals surface area (Å²) >= 11 is 0. The third-order valence-electron chi connectivity index (χ3n) is 3.34. The maximum absolute atomic E-state index is 12.9. The summed E-state index contributed by atoms with van der Waals surface area (Å²) in [4.78, 5) is 16.0. The number of halogens is 1. The highest BCUT2D eigenvalue weighted by Gasteiger charge is 2.20. The molecule has 0 aliphatic carbocycles. The van der Waals surface area contributed by atoms with Crippen LogP contribution < -0.4 is 4.74 Å². The Bertz CT molecular complexity index is 834. The molecule has 0 fully saturated rings. The molecule has 0 N–H and O–H groups in total. The highest BCUT2D eigenvalue weighted by atomic mass is 19.1. The molecule has 2 aromatic rings. The molecule has 4 nitrogen and oxygen atoms in total. The van der Waals surface area contributed by atoms with Gasteiger partial charge in [0.1, 0.15) is 11.6 Å². The van der Waals surface area contributed by atoms with Crippen molar-refractivity contribution in [1.29, 1.82) is 0 Å². The Hall–Kier alpha value is -3.21. The van der Waals surface area contributed by atoms with Crippen LogP contribution in [0.25, 0.3) is 12.2 Å². The van der Waals surface area contributed by atoms with Crippen molar-refractivity contribution in [2.45, 2.75) is 0 Å². The Balaban J connectivity index is 1.75. The maximum Gasteiger partial charge on any atom is 0.363 e. The van der Waals surface area contributed by atoms with E-state index in [2.05, 4.69) is 4.99 Å². The van der Waals surface area contributed by atoms with Gasteiger partial charge in [0.2, 0.25) is 5.90 Å². The molecule has 0 atom stereocenters. The molecule has 0 unspecified atom stereocenters. The highest BCUT2D eigenvalue weighted by molar-refractivity contribution is 6.11. The molecular formula is C19H14FNO3. The molecule has 0 bridgehead atoms. The van der Waals surface area contributed by atoms with Gasteiger partial charge in [-0.15, -0.1) is 0 Å². The minimum Gasteiger partial charge on any atom is -0.497 e. The quantitative estimate of drug-likeness (QED) is 0.634. The number of hydrogen-bond acceptors (Lipinski definition) is 4. The number of esters is 1. The van der Waals surface area contributed by atoms with E-state index in [0.29, 0.717) is 5.56 Å². The number of carbonyl (C=O) groups excluding carboxylic acids is 1. The molecule has 1 aliphatic rings. The zero-order valence-corrected chi connectivity index (χ0v) is 12.9. The molecule has 3 rings (SSSR count). The summed E-state index contributed by atoms with van der Waals surface area (Å²) in [6.45, 7) is 0. The van der Waals surface area contributed by atoms with Gasteiger partial charge in [-0.2, -0.15) is 0 Å². The highest BCUT2D eigenvalue weighted by Crippen LogP contribution is 2.17. The summed E-state index contributed by atoms with van der Waals surface area (Å²) in [6, 6.07) is 13.2. The van der Waals surface area contributed by atoms with Gasteiger partial charge in [-0.1, -0.05) is 24.3 Å². The first kappa shape index (κ1) is 15.7. The van der Waals surface area contributed by atoms with E-state index >= 15 is 0 Å². The number of benzene rings is 2. The lowest BCUT2D eigenvalue weighted by atomic mass is 10.2. The number of hydrogen-bond donors (Lipinski definition) is 0. The summed E-state index contributed by atoms with van der Waals surface area (Å²) in [7, 11) is 1.60. The Labute approximate surface area is 138 Å². The first-order chi connectivity index (χ1) is 11.6. The van der Waals surface area contributed by atoms with Crippen LogP contribution in [0, 0.1) is 5.82 Å². The van der Waals surface area contributed by atoms with Crippen LogP contribution in [0.1, 0.15) is 11.1 Å². The zero-order chi connectivity index (χ0) is 16.9.